The fourth-order valence-electron chi connectivity index (χ4n) is 2.35. The summed E-state index contributed by atoms with van der Waals surface area (Å²) in [4.78, 5) is 11.8. The predicted octanol–water partition coefficient (Wildman–Crippen LogP) is 4.35. The Morgan fingerprint density at radius 1 is 1.00 bits per heavy atom. The largest absolute Gasteiger partial charge is 0.497 e. The highest BCUT2D eigenvalue weighted by Crippen LogP contribution is 2.29. The number of nitrogens with one attached hydrogen (secondary N) is 1. The number of halogens is 3. The highest BCUT2D eigenvalue weighted by atomic mass is 19.4. The number of hydrogen-bond donors (Lipinski definition) is 1. The first-order chi connectivity index (χ1) is 11.9. The van der Waals surface area contributed by atoms with Gasteiger partial charge in [0.25, 0.3) is 0 Å². The average Bonchev–Trinajstić information content (AvgIpc) is 2.60. The zero-order valence-electron chi connectivity index (χ0n) is 13.9. The summed E-state index contributed by atoms with van der Waals surface area (Å²) in [7, 11) is 1.61. The lowest BCUT2D eigenvalue weighted by atomic mass is 10.1. The zero-order valence-corrected chi connectivity index (χ0v) is 13.9. The first-order valence-corrected chi connectivity index (χ1v) is 7.94. The van der Waals surface area contributed by atoms with Crippen molar-refractivity contribution in [3.63, 3.8) is 0 Å². The van der Waals surface area contributed by atoms with Crippen LogP contribution in [0.3, 0.4) is 0 Å². The van der Waals surface area contributed by atoms with Gasteiger partial charge in [-0.05, 0) is 48.2 Å². The van der Waals surface area contributed by atoms with Crippen LogP contribution in [0, 0.1) is 0 Å². The molecule has 0 aliphatic heterocycles. The summed E-state index contributed by atoms with van der Waals surface area (Å²) in [5.41, 5.74) is 1.06. The lowest BCUT2D eigenvalue weighted by Gasteiger charge is -2.09. The van der Waals surface area contributed by atoms with Crippen molar-refractivity contribution in [2.24, 2.45) is 0 Å². The smallest absolute Gasteiger partial charge is 0.416 e. The standard InChI is InChI=1S/C19H20F3NO2/c1-25-17-11-7-14(8-12-17)3-2-4-18(24)23-13-15-5-9-16(10-6-15)19(20,21)22/h5-12H,2-4,13H2,1H3,(H,23,24). The van der Waals surface area contributed by atoms with Crippen molar-refractivity contribution in [1.82, 2.24) is 5.32 Å². The second-order valence-electron chi connectivity index (χ2n) is 5.67. The van der Waals surface area contributed by atoms with Gasteiger partial charge in [0.15, 0.2) is 0 Å². The number of methoxy groups -OCH3 is 1. The van der Waals surface area contributed by atoms with Crippen LogP contribution < -0.4 is 10.1 Å². The summed E-state index contributed by atoms with van der Waals surface area (Å²) < 4.78 is 42.5. The van der Waals surface area contributed by atoms with Gasteiger partial charge in [-0.15, -0.1) is 0 Å². The number of ether oxygens (including phenoxy) is 1. The van der Waals surface area contributed by atoms with Crippen molar-refractivity contribution in [2.75, 3.05) is 7.11 Å². The molecule has 0 bridgehead atoms. The molecule has 0 fully saturated rings. The van der Waals surface area contributed by atoms with Crippen LogP contribution in [0.15, 0.2) is 48.5 Å². The Morgan fingerprint density at radius 3 is 2.16 bits per heavy atom. The Bertz CT molecular complexity index is 679. The molecule has 0 heterocycles. The molecule has 1 amide bonds. The third kappa shape index (κ3) is 6.14. The van der Waals surface area contributed by atoms with Crippen LogP contribution in [0.2, 0.25) is 0 Å². The fraction of sp³-hybridized carbons (Fsp3) is 0.316. The second kappa shape index (κ2) is 8.55. The molecule has 3 nitrogen and oxygen atoms in total. The van der Waals surface area contributed by atoms with Gasteiger partial charge in [-0.25, -0.2) is 0 Å². The number of carbonyl (C=O) groups excluding carboxylic acids is 1. The van der Waals surface area contributed by atoms with Gasteiger partial charge in [0.1, 0.15) is 5.75 Å². The Labute approximate surface area is 144 Å². The van der Waals surface area contributed by atoms with Crippen LogP contribution in [-0.2, 0) is 23.9 Å². The minimum absolute atomic E-state index is 0.117. The highest BCUT2D eigenvalue weighted by molar-refractivity contribution is 5.75. The van der Waals surface area contributed by atoms with E-state index in [1.807, 2.05) is 24.3 Å². The van der Waals surface area contributed by atoms with Gasteiger partial charge < -0.3 is 10.1 Å². The van der Waals surface area contributed by atoms with Gasteiger partial charge in [0.05, 0.1) is 12.7 Å². The molecule has 2 aromatic rings. The summed E-state index contributed by atoms with van der Waals surface area (Å²) in [6.45, 7) is 0.222. The van der Waals surface area contributed by atoms with Crippen molar-refractivity contribution in [1.29, 1.82) is 0 Å². The van der Waals surface area contributed by atoms with Gasteiger partial charge in [-0.2, -0.15) is 13.2 Å². The molecule has 0 aliphatic carbocycles. The number of aryl methyl sites for hydroxylation is 1. The first kappa shape index (κ1) is 18.8. The topological polar surface area (TPSA) is 38.3 Å². The Kier molecular flexibility index (Phi) is 6.44. The molecular formula is C19H20F3NO2. The minimum atomic E-state index is -4.34. The molecule has 25 heavy (non-hydrogen) atoms. The van der Waals surface area contributed by atoms with E-state index in [0.717, 1.165) is 29.9 Å². The van der Waals surface area contributed by atoms with Crippen molar-refractivity contribution < 1.29 is 22.7 Å². The Morgan fingerprint density at radius 2 is 1.60 bits per heavy atom. The van der Waals surface area contributed by atoms with Crippen LogP contribution >= 0.6 is 0 Å². The van der Waals surface area contributed by atoms with E-state index in [9.17, 15) is 18.0 Å². The number of rotatable bonds is 7. The van der Waals surface area contributed by atoms with Crippen LogP contribution in [0.4, 0.5) is 13.2 Å². The van der Waals surface area contributed by atoms with E-state index in [1.165, 1.54) is 12.1 Å². The summed E-state index contributed by atoms with van der Waals surface area (Å²) >= 11 is 0. The zero-order chi connectivity index (χ0) is 18.3. The highest BCUT2D eigenvalue weighted by Gasteiger charge is 2.29. The number of hydrogen-bond acceptors (Lipinski definition) is 2. The molecule has 0 saturated heterocycles. The Balaban J connectivity index is 1.71. The summed E-state index contributed by atoms with van der Waals surface area (Å²) in [6, 6.07) is 12.5. The molecule has 0 saturated carbocycles. The van der Waals surface area contributed by atoms with Gasteiger partial charge in [0.2, 0.25) is 5.91 Å². The Hall–Kier alpha value is -2.50. The summed E-state index contributed by atoms with van der Waals surface area (Å²) in [5.74, 6) is 0.673. The fourth-order valence-corrected chi connectivity index (χ4v) is 2.35. The van der Waals surface area contributed by atoms with E-state index in [1.54, 1.807) is 7.11 Å². The number of alkyl halides is 3. The average molecular weight is 351 g/mol. The molecule has 0 aliphatic rings. The molecule has 0 atom stereocenters. The third-order valence-electron chi connectivity index (χ3n) is 3.80. The van der Waals surface area contributed by atoms with Crippen LogP contribution in [0.1, 0.15) is 29.5 Å². The van der Waals surface area contributed by atoms with Gasteiger partial charge in [-0.3, -0.25) is 4.79 Å². The van der Waals surface area contributed by atoms with E-state index in [-0.39, 0.29) is 12.5 Å². The van der Waals surface area contributed by atoms with E-state index < -0.39 is 11.7 Å². The summed E-state index contributed by atoms with van der Waals surface area (Å²) in [6.07, 6.45) is -2.50. The normalized spacial score (nSPS) is 11.2. The van der Waals surface area contributed by atoms with Crippen molar-refractivity contribution >= 4 is 5.91 Å². The van der Waals surface area contributed by atoms with E-state index in [0.29, 0.717) is 18.4 Å². The lowest BCUT2D eigenvalue weighted by molar-refractivity contribution is -0.137. The van der Waals surface area contributed by atoms with Crippen molar-refractivity contribution in [3.8, 4) is 5.75 Å². The van der Waals surface area contributed by atoms with Gasteiger partial charge >= 0.3 is 6.18 Å². The maximum Gasteiger partial charge on any atom is 0.416 e. The molecular weight excluding hydrogens is 331 g/mol. The van der Waals surface area contributed by atoms with Crippen LogP contribution in [0.25, 0.3) is 0 Å². The number of benzene rings is 2. The van der Waals surface area contributed by atoms with Gasteiger partial charge in [0, 0.05) is 13.0 Å². The van der Waals surface area contributed by atoms with Crippen molar-refractivity contribution in [2.45, 2.75) is 32.0 Å². The second-order valence-corrected chi connectivity index (χ2v) is 5.67. The first-order valence-electron chi connectivity index (χ1n) is 7.94. The lowest BCUT2D eigenvalue weighted by Crippen LogP contribution is -2.22. The minimum Gasteiger partial charge on any atom is -0.497 e. The third-order valence-corrected chi connectivity index (χ3v) is 3.80. The van der Waals surface area contributed by atoms with Crippen molar-refractivity contribution in [3.05, 3.63) is 65.2 Å². The molecule has 0 unspecified atom stereocenters. The molecule has 1 N–H and O–H groups in total. The van der Waals surface area contributed by atoms with E-state index in [4.69, 9.17) is 4.74 Å². The number of amides is 1. The predicted molar refractivity (Wildman–Crippen MR) is 89.2 cm³/mol. The van der Waals surface area contributed by atoms with Crippen LogP contribution in [0.5, 0.6) is 5.75 Å². The van der Waals surface area contributed by atoms with Gasteiger partial charge in [-0.1, -0.05) is 24.3 Å². The maximum absolute atomic E-state index is 12.5. The monoisotopic (exact) mass is 351 g/mol. The molecule has 0 radical (unpaired) electrons. The van der Waals surface area contributed by atoms with E-state index >= 15 is 0 Å². The van der Waals surface area contributed by atoms with E-state index in [2.05, 4.69) is 5.32 Å². The SMILES string of the molecule is COc1ccc(CCCC(=O)NCc2ccc(C(F)(F)F)cc2)cc1. The molecule has 0 aromatic heterocycles. The molecule has 134 valence electrons. The maximum atomic E-state index is 12.5. The summed E-state index contributed by atoms with van der Waals surface area (Å²) in [5, 5.41) is 2.72. The van der Waals surface area contributed by atoms with Crippen LogP contribution in [-0.4, -0.2) is 13.0 Å². The molecule has 0 spiro atoms. The molecule has 2 rings (SSSR count). The molecule has 6 heteroatoms. The quantitative estimate of drug-likeness (QED) is 0.805. The number of carbonyl (C=O) groups is 1. The molecule has 2 aromatic carbocycles.